The number of aromatic nitrogens is 2. The average molecular weight is 417 g/mol. The van der Waals surface area contributed by atoms with Gasteiger partial charge in [-0.05, 0) is 37.1 Å². The van der Waals surface area contributed by atoms with E-state index in [2.05, 4.69) is 26.3 Å². The smallest absolute Gasteiger partial charge is 0.257 e. The second-order valence-electron chi connectivity index (χ2n) is 6.69. The number of hydrogen-bond donors (Lipinski definition) is 1. The summed E-state index contributed by atoms with van der Waals surface area (Å²) in [5.74, 6) is 0.0565. The average Bonchev–Trinajstić information content (AvgIpc) is 3.16. The molecule has 1 N–H and O–H groups in total. The number of ether oxygens (including phenoxy) is 1. The summed E-state index contributed by atoms with van der Waals surface area (Å²) in [6.07, 6.45) is 3.96. The summed E-state index contributed by atoms with van der Waals surface area (Å²) in [5, 5.41) is 3.49. The quantitative estimate of drug-likeness (QED) is 0.628. The molecule has 0 atom stereocenters. The molecule has 1 saturated heterocycles. The standard InChI is InChI=1S/C20H21ClN4O2S/c1-27-15-6-9-25(10-7-15)17-4-2-3-16-18(17)28-20(23-16)24-19(26)13-5-8-22-14(11-13)12-21/h2-5,8,11,15H,6-7,9-10,12H2,1H3,(H,23,24,26). The van der Waals surface area contributed by atoms with Crippen molar-refractivity contribution in [2.45, 2.75) is 24.8 Å². The van der Waals surface area contributed by atoms with E-state index in [0.717, 1.165) is 36.1 Å². The number of anilines is 2. The molecule has 3 aromatic rings. The van der Waals surface area contributed by atoms with Crippen LogP contribution in [-0.4, -0.2) is 42.2 Å². The van der Waals surface area contributed by atoms with Crippen molar-refractivity contribution in [3.8, 4) is 0 Å². The summed E-state index contributed by atoms with van der Waals surface area (Å²) < 4.78 is 6.56. The van der Waals surface area contributed by atoms with Crippen molar-refractivity contribution in [3.63, 3.8) is 0 Å². The van der Waals surface area contributed by atoms with Crippen LogP contribution in [0.1, 0.15) is 28.9 Å². The van der Waals surface area contributed by atoms with Crippen LogP contribution in [0, 0.1) is 0 Å². The van der Waals surface area contributed by atoms with Crippen LogP contribution in [-0.2, 0) is 10.6 Å². The van der Waals surface area contributed by atoms with Crippen molar-refractivity contribution in [2.24, 2.45) is 0 Å². The number of hydrogen-bond acceptors (Lipinski definition) is 6. The van der Waals surface area contributed by atoms with Gasteiger partial charge in [0, 0.05) is 32.0 Å². The Morgan fingerprint density at radius 1 is 1.36 bits per heavy atom. The summed E-state index contributed by atoms with van der Waals surface area (Å²) in [6.45, 7) is 1.91. The Labute approximate surface area is 172 Å². The molecular weight excluding hydrogens is 396 g/mol. The van der Waals surface area contributed by atoms with Gasteiger partial charge in [-0.1, -0.05) is 17.4 Å². The molecule has 8 heteroatoms. The van der Waals surface area contributed by atoms with Gasteiger partial charge < -0.3 is 9.64 Å². The van der Waals surface area contributed by atoms with E-state index in [0.29, 0.717) is 22.5 Å². The Kier molecular flexibility index (Phi) is 5.75. The van der Waals surface area contributed by atoms with Crippen LogP contribution >= 0.6 is 22.9 Å². The molecule has 146 valence electrons. The number of carbonyl (C=O) groups is 1. The topological polar surface area (TPSA) is 67.3 Å². The number of methoxy groups -OCH3 is 1. The maximum Gasteiger partial charge on any atom is 0.257 e. The highest BCUT2D eigenvalue weighted by Gasteiger charge is 2.21. The molecule has 1 aliphatic heterocycles. The van der Waals surface area contributed by atoms with E-state index in [1.165, 1.54) is 17.0 Å². The normalized spacial score (nSPS) is 15.1. The van der Waals surface area contributed by atoms with E-state index in [9.17, 15) is 4.79 Å². The van der Waals surface area contributed by atoms with E-state index >= 15 is 0 Å². The molecule has 28 heavy (non-hydrogen) atoms. The molecule has 2 aromatic heterocycles. The number of nitrogens with one attached hydrogen (secondary N) is 1. The fraction of sp³-hybridized carbons (Fsp3) is 0.350. The van der Waals surface area contributed by atoms with E-state index in [1.807, 2.05) is 12.1 Å². The van der Waals surface area contributed by atoms with Gasteiger partial charge in [0.2, 0.25) is 0 Å². The van der Waals surface area contributed by atoms with E-state index < -0.39 is 0 Å². The fourth-order valence-corrected chi connectivity index (χ4v) is 4.58. The van der Waals surface area contributed by atoms with Crippen LogP contribution in [0.2, 0.25) is 0 Å². The first-order valence-corrected chi connectivity index (χ1v) is 10.5. The Balaban J connectivity index is 1.55. The van der Waals surface area contributed by atoms with E-state index in [1.54, 1.807) is 25.4 Å². The van der Waals surface area contributed by atoms with Gasteiger partial charge in [-0.2, -0.15) is 0 Å². The van der Waals surface area contributed by atoms with Crippen molar-refractivity contribution >= 4 is 49.9 Å². The minimum Gasteiger partial charge on any atom is -0.381 e. The van der Waals surface area contributed by atoms with Gasteiger partial charge in [0.15, 0.2) is 5.13 Å². The fourth-order valence-electron chi connectivity index (χ4n) is 3.43. The molecule has 0 spiro atoms. The Morgan fingerprint density at radius 3 is 2.93 bits per heavy atom. The largest absolute Gasteiger partial charge is 0.381 e. The van der Waals surface area contributed by atoms with Crippen LogP contribution in [0.3, 0.4) is 0 Å². The van der Waals surface area contributed by atoms with Crippen molar-refractivity contribution in [1.29, 1.82) is 0 Å². The predicted octanol–water partition coefficient (Wildman–Crippen LogP) is 4.30. The zero-order valence-corrected chi connectivity index (χ0v) is 17.1. The molecule has 0 saturated carbocycles. The third-order valence-electron chi connectivity index (χ3n) is 4.95. The first-order chi connectivity index (χ1) is 13.7. The van der Waals surface area contributed by atoms with Crippen LogP contribution < -0.4 is 10.2 Å². The maximum atomic E-state index is 12.6. The lowest BCUT2D eigenvalue weighted by Gasteiger charge is -2.33. The molecule has 1 amide bonds. The Bertz CT molecular complexity index is 985. The van der Waals surface area contributed by atoms with Gasteiger partial charge in [-0.3, -0.25) is 15.1 Å². The van der Waals surface area contributed by atoms with Crippen molar-refractivity contribution in [1.82, 2.24) is 9.97 Å². The third kappa shape index (κ3) is 3.97. The number of fused-ring (bicyclic) bond motifs is 1. The van der Waals surface area contributed by atoms with Crippen LogP contribution in [0.15, 0.2) is 36.5 Å². The number of amides is 1. The molecule has 0 radical (unpaired) electrons. The van der Waals surface area contributed by atoms with Crippen molar-refractivity contribution < 1.29 is 9.53 Å². The third-order valence-corrected chi connectivity index (χ3v) is 6.23. The van der Waals surface area contributed by atoms with E-state index in [4.69, 9.17) is 16.3 Å². The summed E-state index contributed by atoms with van der Waals surface area (Å²) in [5.41, 5.74) is 3.24. The van der Waals surface area contributed by atoms with Gasteiger partial charge in [0.25, 0.3) is 5.91 Å². The monoisotopic (exact) mass is 416 g/mol. The van der Waals surface area contributed by atoms with Crippen molar-refractivity contribution in [2.75, 3.05) is 30.4 Å². The van der Waals surface area contributed by atoms with Crippen LogP contribution in [0.25, 0.3) is 10.2 Å². The minimum absolute atomic E-state index is 0.213. The molecule has 4 rings (SSSR count). The van der Waals surface area contributed by atoms with Gasteiger partial charge >= 0.3 is 0 Å². The number of nitrogens with zero attached hydrogens (tertiary/aromatic N) is 3. The number of rotatable bonds is 5. The number of piperidine rings is 1. The number of alkyl halides is 1. The SMILES string of the molecule is COC1CCN(c2cccc3nc(NC(=O)c4ccnc(CCl)c4)sc23)CC1. The number of pyridine rings is 1. The first kappa shape index (κ1) is 19.1. The van der Waals surface area contributed by atoms with Crippen LogP contribution in [0.4, 0.5) is 10.8 Å². The first-order valence-electron chi connectivity index (χ1n) is 9.17. The van der Waals surface area contributed by atoms with Crippen molar-refractivity contribution in [3.05, 3.63) is 47.8 Å². The highest BCUT2D eigenvalue weighted by molar-refractivity contribution is 7.23. The minimum atomic E-state index is -0.213. The zero-order chi connectivity index (χ0) is 19.5. The Hall–Kier alpha value is -2.22. The van der Waals surface area contributed by atoms with Gasteiger partial charge in [0.1, 0.15) is 0 Å². The summed E-state index contributed by atoms with van der Waals surface area (Å²) in [7, 11) is 1.78. The second-order valence-corrected chi connectivity index (χ2v) is 7.96. The van der Waals surface area contributed by atoms with Gasteiger partial charge in [0.05, 0.1) is 33.6 Å². The highest BCUT2D eigenvalue weighted by Crippen LogP contribution is 2.35. The maximum absolute atomic E-state index is 12.6. The number of thiazole rings is 1. The highest BCUT2D eigenvalue weighted by atomic mass is 35.5. The lowest BCUT2D eigenvalue weighted by atomic mass is 10.1. The predicted molar refractivity (Wildman–Crippen MR) is 114 cm³/mol. The summed E-state index contributed by atoms with van der Waals surface area (Å²) in [6, 6.07) is 9.48. The van der Waals surface area contributed by atoms with E-state index in [-0.39, 0.29) is 11.8 Å². The molecule has 0 aliphatic carbocycles. The molecule has 1 fully saturated rings. The molecule has 3 heterocycles. The lowest BCUT2D eigenvalue weighted by molar-refractivity contribution is 0.0819. The molecule has 1 aromatic carbocycles. The summed E-state index contributed by atoms with van der Waals surface area (Å²) in [4.78, 5) is 23.7. The zero-order valence-electron chi connectivity index (χ0n) is 15.5. The van der Waals surface area contributed by atoms with Gasteiger partial charge in [-0.15, -0.1) is 11.6 Å². The molecule has 0 unspecified atom stereocenters. The van der Waals surface area contributed by atoms with Crippen LogP contribution in [0.5, 0.6) is 0 Å². The number of benzene rings is 1. The lowest BCUT2D eigenvalue weighted by Crippen LogP contribution is -2.36. The molecule has 6 nitrogen and oxygen atoms in total. The second kappa shape index (κ2) is 8.43. The summed E-state index contributed by atoms with van der Waals surface area (Å²) >= 11 is 7.31. The molecule has 0 bridgehead atoms. The molecule has 1 aliphatic rings. The Morgan fingerprint density at radius 2 is 2.18 bits per heavy atom. The molecular formula is C20H21ClN4O2S. The number of halogens is 1. The number of carbonyl (C=O) groups excluding carboxylic acids is 1. The van der Waals surface area contributed by atoms with Gasteiger partial charge in [-0.25, -0.2) is 4.98 Å².